The van der Waals surface area contributed by atoms with Crippen molar-refractivity contribution in [2.45, 2.75) is 54.0 Å². The van der Waals surface area contributed by atoms with Gasteiger partial charge in [0.1, 0.15) is 0 Å². The number of benzene rings is 1. The highest BCUT2D eigenvalue weighted by atomic mass is 16.5. The van der Waals surface area contributed by atoms with E-state index in [0.717, 1.165) is 18.4 Å². The number of carbonyl (C=O) groups is 1. The summed E-state index contributed by atoms with van der Waals surface area (Å²) in [5, 5.41) is 2.88. The third-order valence-corrected chi connectivity index (χ3v) is 3.06. The highest BCUT2D eigenvalue weighted by molar-refractivity contribution is 5.48. The zero-order valence-electron chi connectivity index (χ0n) is 15.1. The molecule has 0 spiro atoms. The van der Waals surface area contributed by atoms with Crippen LogP contribution in [0.2, 0.25) is 0 Å². The molecule has 22 heavy (non-hydrogen) atoms. The maximum Gasteiger partial charge on any atom is 0.207 e. The summed E-state index contributed by atoms with van der Waals surface area (Å²) in [7, 11) is 0. The highest BCUT2D eigenvalue weighted by Gasteiger charge is 2.15. The van der Waals surface area contributed by atoms with E-state index in [1.54, 1.807) is 0 Å². The van der Waals surface area contributed by atoms with Gasteiger partial charge in [0.15, 0.2) is 0 Å². The largest absolute Gasteiger partial charge is 0.379 e. The molecule has 1 aromatic rings. The predicted molar refractivity (Wildman–Crippen MR) is 93.9 cm³/mol. The van der Waals surface area contributed by atoms with Gasteiger partial charge in [-0.05, 0) is 29.4 Å². The number of carbonyl (C=O) groups excluding carboxylic acids is 1. The van der Waals surface area contributed by atoms with E-state index >= 15 is 0 Å². The molecule has 1 aromatic carbocycles. The molecule has 0 aliphatic carbocycles. The van der Waals surface area contributed by atoms with Crippen LogP contribution in [0.1, 0.15) is 58.7 Å². The first-order valence-corrected chi connectivity index (χ1v) is 8.39. The lowest BCUT2D eigenvalue weighted by molar-refractivity contribution is -0.110. The number of hydrogen-bond acceptors (Lipinski definition) is 2. The monoisotopic (exact) mass is 307 g/mol. The second-order valence-corrected chi connectivity index (χ2v) is 6.07. The molecule has 0 aliphatic heterocycles. The van der Waals surface area contributed by atoms with Gasteiger partial charge in [0.25, 0.3) is 0 Å². The van der Waals surface area contributed by atoms with Crippen molar-refractivity contribution in [2.75, 3.05) is 13.2 Å². The molecular weight excluding hydrogens is 274 g/mol. The average molecular weight is 307 g/mol. The predicted octanol–water partition coefficient (Wildman–Crippen LogP) is 4.37. The molecule has 1 N–H and O–H groups in total. The number of hydrogen-bond donors (Lipinski definition) is 1. The van der Waals surface area contributed by atoms with E-state index in [1.165, 1.54) is 5.56 Å². The molecule has 0 aromatic heterocycles. The van der Waals surface area contributed by atoms with Gasteiger partial charge in [0.2, 0.25) is 6.41 Å². The molecule has 0 radical (unpaired) electrons. The van der Waals surface area contributed by atoms with Gasteiger partial charge in [-0.1, -0.05) is 65.8 Å². The molecule has 126 valence electrons. The summed E-state index contributed by atoms with van der Waals surface area (Å²) in [6.45, 7) is 13.9. The van der Waals surface area contributed by atoms with Gasteiger partial charge in [-0.2, -0.15) is 0 Å². The highest BCUT2D eigenvalue weighted by Crippen LogP contribution is 2.21. The molecule has 1 rings (SSSR count). The smallest absolute Gasteiger partial charge is 0.207 e. The Morgan fingerprint density at radius 1 is 1.05 bits per heavy atom. The van der Waals surface area contributed by atoms with E-state index in [1.807, 2.05) is 26.0 Å². The molecule has 3 nitrogen and oxygen atoms in total. The fourth-order valence-electron chi connectivity index (χ4n) is 2.23. The molecule has 0 saturated carbocycles. The molecule has 0 aliphatic rings. The van der Waals surface area contributed by atoms with Gasteiger partial charge in [0.05, 0.1) is 12.6 Å². The topological polar surface area (TPSA) is 38.3 Å². The lowest BCUT2D eigenvalue weighted by Crippen LogP contribution is -2.26. The van der Waals surface area contributed by atoms with Gasteiger partial charge in [0, 0.05) is 6.61 Å². The zero-order valence-corrected chi connectivity index (χ0v) is 15.1. The maximum atomic E-state index is 10.9. The van der Waals surface area contributed by atoms with Crippen molar-refractivity contribution in [1.29, 1.82) is 0 Å². The Labute approximate surface area is 136 Å². The van der Waals surface area contributed by atoms with E-state index in [4.69, 9.17) is 4.74 Å². The number of ether oxygens (including phenoxy) is 1. The molecule has 3 heteroatoms. The first kappa shape index (κ1) is 20.6. The quantitative estimate of drug-likeness (QED) is 0.688. The number of amides is 1. The summed E-state index contributed by atoms with van der Waals surface area (Å²) in [6.07, 6.45) is 1.77. The van der Waals surface area contributed by atoms with E-state index in [9.17, 15) is 4.79 Å². The van der Waals surface area contributed by atoms with Crippen LogP contribution in [0.3, 0.4) is 0 Å². The maximum absolute atomic E-state index is 10.9. The van der Waals surface area contributed by atoms with Gasteiger partial charge in [-0.3, -0.25) is 4.79 Å². The Kier molecular flexibility index (Phi) is 11.5. The van der Waals surface area contributed by atoms with Crippen LogP contribution in [0, 0.1) is 11.8 Å². The van der Waals surface area contributed by atoms with Crippen LogP contribution < -0.4 is 5.32 Å². The van der Waals surface area contributed by atoms with Gasteiger partial charge < -0.3 is 10.1 Å². The van der Waals surface area contributed by atoms with Crippen LogP contribution >= 0.6 is 0 Å². The molecule has 0 bridgehead atoms. The van der Waals surface area contributed by atoms with E-state index in [0.29, 0.717) is 25.0 Å². The van der Waals surface area contributed by atoms with E-state index < -0.39 is 0 Å². The third kappa shape index (κ3) is 8.18. The van der Waals surface area contributed by atoms with Crippen molar-refractivity contribution in [2.24, 2.45) is 11.8 Å². The van der Waals surface area contributed by atoms with Gasteiger partial charge in [-0.15, -0.1) is 0 Å². The minimum Gasteiger partial charge on any atom is -0.379 e. The summed E-state index contributed by atoms with van der Waals surface area (Å²) in [5.74, 6) is 1.09. The summed E-state index contributed by atoms with van der Waals surface area (Å²) in [6, 6.07) is 8.21. The minimum absolute atomic E-state index is 0.0683. The zero-order chi connectivity index (χ0) is 17.0. The van der Waals surface area contributed by atoms with Crippen LogP contribution in [0.5, 0.6) is 0 Å². The minimum atomic E-state index is -0.0683. The Hall–Kier alpha value is -1.35. The summed E-state index contributed by atoms with van der Waals surface area (Å²) >= 11 is 0. The van der Waals surface area contributed by atoms with Gasteiger partial charge >= 0.3 is 0 Å². The Morgan fingerprint density at radius 2 is 1.68 bits per heavy atom. The van der Waals surface area contributed by atoms with E-state index in [2.05, 4.69) is 45.1 Å². The van der Waals surface area contributed by atoms with E-state index in [-0.39, 0.29) is 6.04 Å². The van der Waals surface area contributed by atoms with Crippen LogP contribution in [-0.4, -0.2) is 19.6 Å². The molecule has 1 atom stereocenters. The molecular formula is C19H33NO2. The summed E-state index contributed by atoms with van der Waals surface area (Å²) in [5.41, 5.74) is 2.45. The van der Waals surface area contributed by atoms with Crippen molar-refractivity contribution in [3.05, 3.63) is 35.4 Å². The Bertz CT molecular complexity index is 402. The van der Waals surface area contributed by atoms with Crippen molar-refractivity contribution < 1.29 is 9.53 Å². The fourth-order valence-corrected chi connectivity index (χ4v) is 2.23. The van der Waals surface area contributed by atoms with Crippen LogP contribution in [0.4, 0.5) is 0 Å². The van der Waals surface area contributed by atoms with Crippen molar-refractivity contribution in [3.63, 3.8) is 0 Å². The molecule has 1 amide bonds. The Balaban J connectivity index is 0.00000211. The summed E-state index contributed by atoms with van der Waals surface area (Å²) in [4.78, 5) is 10.9. The van der Waals surface area contributed by atoms with Crippen molar-refractivity contribution in [3.8, 4) is 0 Å². The standard InChI is InChI=1S/C17H27NO2.C2H6/c1-13(2)9-15-7-5-6-8-16(15)17(18-12-19)11-20-10-14(3)4;1-2/h5-8,12-14,17H,9-11H2,1-4H3,(H,18,19);1-2H3. The first-order chi connectivity index (χ1) is 10.5. The average Bonchev–Trinajstić information content (AvgIpc) is 2.48. The van der Waals surface area contributed by atoms with Gasteiger partial charge in [-0.25, -0.2) is 0 Å². The first-order valence-electron chi connectivity index (χ1n) is 8.39. The third-order valence-electron chi connectivity index (χ3n) is 3.06. The normalized spacial score (nSPS) is 11.8. The summed E-state index contributed by atoms with van der Waals surface area (Å²) < 4.78 is 5.70. The number of rotatable bonds is 9. The molecule has 0 fully saturated rings. The molecule has 1 unspecified atom stereocenters. The second-order valence-electron chi connectivity index (χ2n) is 6.07. The number of nitrogens with one attached hydrogen (secondary N) is 1. The molecule has 0 heterocycles. The lowest BCUT2D eigenvalue weighted by atomic mass is 9.94. The Morgan fingerprint density at radius 3 is 2.23 bits per heavy atom. The lowest BCUT2D eigenvalue weighted by Gasteiger charge is -2.21. The SMILES string of the molecule is CC.CC(C)COCC(NC=O)c1ccccc1CC(C)C. The van der Waals surface area contributed by atoms with Crippen molar-refractivity contribution >= 4 is 6.41 Å². The van der Waals surface area contributed by atoms with Crippen molar-refractivity contribution in [1.82, 2.24) is 5.32 Å². The molecule has 0 saturated heterocycles. The second kappa shape index (κ2) is 12.2. The fraction of sp³-hybridized carbons (Fsp3) is 0.632. The van der Waals surface area contributed by atoms with Crippen LogP contribution in [-0.2, 0) is 16.0 Å². The van der Waals surface area contributed by atoms with Crippen LogP contribution in [0.25, 0.3) is 0 Å². The van der Waals surface area contributed by atoms with Crippen LogP contribution in [0.15, 0.2) is 24.3 Å².